The highest BCUT2D eigenvalue weighted by Crippen LogP contribution is 2.30. The number of aryl methyl sites for hydroxylation is 2. The van der Waals surface area contributed by atoms with E-state index in [1.54, 1.807) is 7.11 Å². The summed E-state index contributed by atoms with van der Waals surface area (Å²) in [4.78, 5) is 21.9. The number of nitrogens with one attached hydrogen (secondary N) is 1. The molecule has 0 atom stereocenters. The number of thiazole rings is 1. The molecule has 184 valence electrons. The number of carbonyl (C=O) groups is 1. The summed E-state index contributed by atoms with van der Waals surface area (Å²) in [5.41, 5.74) is 4.69. The Kier molecular flexibility index (Phi) is 6.42. The number of aromatic nitrogens is 5. The minimum atomic E-state index is -0.177. The van der Waals surface area contributed by atoms with Crippen LogP contribution < -0.4 is 10.1 Å². The average molecular weight is 527 g/mol. The zero-order chi connectivity index (χ0) is 25.2. The van der Waals surface area contributed by atoms with E-state index in [1.165, 1.54) is 28.7 Å². The van der Waals surface area contributed by atoms with Crippen LogP contribution in [0.5, 0.6) is 5.75 Å². The molecular formula is C27H22N6O2S2. The van der Waals surface area contributed by atoms with E-state index in [1.807, 2.05) is 42.5 Å². The summed E-state index contributed by atoms with van der Waals surface area (Å²) < 4.78 is 8.40. The second-order valence-electron chi connectivity index (χ2n) is 8.36. The Hall–Kier alpha value is -4.02. The molecule has 37 heavy (non-hydrogen) atoms. The molecule has 0 spiro atoms. The second-order valence-corrected chi connectivity index (χ2v) is 10.3. The lowest BCUT2D eigenvalue weighted by atomic mass is 10.1. The standard InChI is InChI=1S/C27H22N6O2S2/c1-35-18-11-12-20-22(15-18)37-26(28-20)29-23(34)16-36-27-30-25-24(31-32-27)19-9-5-6-10-21(19)33(25)14-13-17-7-3-2-4-8-17/h2-12,15H,13-14,16H2,1H3,(H,28,29,34). The van der Waals surface area contributed by atoms with E-state index in [2.05, 4.69) is 55.4 Å². The van der Waals surface area contributed by atoms with Crippen molar-refractivity contribution >= 4 is 66.4 Å². The Bertz CT molecular complexity index is 1730. The Balaban J connectivity index is 1.20. The number of anilines is 1. The normalized spacial score (nSPS) is 11.4. The lowest BCUT2D eigenvalue weighted by molar-refractivity contribution is -0.113. The Morgan fingerprint density at radius 3 is 2.73 bits per heavy atom. The third-order valence-electron chi connectivity index (χ3n) is 6.00. The predicted octanol–water partition coefficient (Wildman–Crippen LogP) is 5.57. The third-order valence-corrected chi connectivity index (χ3v) is 7.77. The van der Waals surface area contributed by atoms with E-state index in [-0.39, 0.29) is 11.7 Å². The smallest absolute Gasteiger partial charge is 0.236 e. The van der Waals surface area contributed by atoms with Crippen LogP contribution >= 0.6 is 23.1 Å². The summed E-state index contributed by atoms with van der Waals surface area (Å²) in [6.07, 6.45) is 0.873. The highest BCUT2D eigenvalue weighted by molar-refractivity contribution is 7.99. The van der Waals surface area contributed by atoms with Gasteiger partial charge in [-0.05, 0) is 36.2 Å². The largest absolute Gasteiger partial charge is 0.497 e. The molecule has 0 radical (unpaired) electrons. The van der Waals surface area contributed by atoms with Crippen LogP contribution in [0.25, 0.3) is 32.3 Å². The maximum atomic E-state index is 12.6. The molecule has 3 aromatic heterocycles. The van der Waals surface area contributed by atoms with Crippen LogP contribution in [0.4, 0.5) is 5.13 Å². The molecule has 3 heterocycles. The van der Waals surface area contributed by atoms with Crippen molar-refractivity contribution in [1.29, 1.82) is 0 Å². The fourth-order valence-corrected chi connectivity index (χ4v) is 5.73. The fraction of sp³-hybridized carbons (Fsp3) is 0.148. The van der Waals surface area contributed by atoms with E-state index in [4.69, 9.17) is 9.72 Å². The SMILES string of the molecule is COc1ccc2nc(NC(=O)CSc3nnc4c5ccccc5n(CCc5ccccc5)c4n3)sc2c1. The summed E-state index contributed by atoms with van der Waals surface area (Å²) in [6, 6.07) is 24.2. The number of carbonyl (C=O) groups excluding carboxylic acids is 1. The van der Waals surface area contributed by atoms with E-state index in [0.29, 0.717) is 10.3 Å². The van der Waals surface area contributed by atoms with Gasteiger partial charge in [-0.2, -0.15) is 0 Å². The third kappa shape index (κ3) is 4.85. The van der Waals surface area contributed by atoms with E-state index >= 15 is 0 Å². The molecule has 0 aliphatic heterocycles. The van der Waals surface area contributed by atoms with Crippen LogP contribution in [0.1, 0.15) is 5.56 Å². The number of hydrogen-bond donors (Lipinski definition) is 1. The number of methoxy groups -OCH3 is 1. The predicted molar refractivity (Wildman–Crippen MR) is 149 cm³/mol. The summed E-state index contributed by atoms with van der Waals surface area (Å²) in [5.74, 6) is 0.728. The van der Waals surface area contributed by atoms with Gasteiger partial charge < -0.3 is 14.6 Å². The first-order chi connectivity index (χ1) is 18.2. The maximum absolute atomic E-state index is 12.6. The van der Waals surface area contributed by atoms with Crippen molar-refractivity contribution in [1.82, 2.24) is 24.7 Å². The zero-order valence-electron chi connectivity index (χ0n) is 19.9. The lowest BCUT2D eigenvalue weighted by Gasteiger charge is -2.07. The van der Waals surface area contributed by atoms with Gasteiger partial charge in [-0.3, -0.25) is 4.79 Å². The van der Waals surface area contributed by atoms with Gasteiger partial charge in [-0.15, -0.1) is 10.2 Å². The Labute approximate surface area is 220 Å². The molecule has 6 aromatic rings. The Morgan fingerprint density at radius 2 is 1.86 bits per heavy atom. The first-order valence-corrected chi connectivity index (χ1v) is 13.5. The molecule has 0 aliphatic carbocycles. The van der Waals surface area contributed by atoms with E-state index in [0.717, 1.165) is 51.0 Å². The number of fused-ring (bicyclic) bond motifs is 4. The lowest BCUT2D eigenvalue weighted by Crippen LogP contribution is -2.14. The van der Waals surface area contributed by atoms with Crippen LogP contribution in [0.3, 0.4) is 0 Å². The van der Waals surface area contributed by atoms with Crippen LogP contribution in [-0.4, -0.2) is 43.5 Å². The molecule has 0 unspecified atom stereocenters. The van der Waals surface area contributed by atoms with Crippen LogP contribution in [0.15, 0.2) is 78.0 Å². The first-order valence-electron chi connectivity index (χ1n) is 11.7. The number of thioether (sulfide) groups is 1. The van der Waals surface area contributed by atoms with Gasteiger partial charge in [0.05, 0.1) is 28.6 Å². The highest BCUT2D eigenvalue weighted by atomic mass is 32.2. The summed E-state index contributed by atoms with van der Waals surface area (Å²) in [6.45, 7) is 0.764. The number of hydrogen-bond acceptors (Lipinski definition) is 8. The molecular weight excluding hydrogens is 504 g/mol. The van der Waals surface area contributed by atoms with Gasteiger partial charge in [0.15, 0.2) is 10.8 Å². The zero-order valence-corrected chi connectivity index (χ0v) is 21.6. The molecule has 0 aliphatic rings. The second kappa shape index (κ2) is 10.2. The molecule has 10 heteroatoms. The number of rotatable bonds is 8. The summed E-state index contributed by atoms with van der Waals surface area (Å²) in [5, 5.41) is 13.7. The monoisotopic (exact) mass is 526 g/mol. The summed E-state index contributed by atoms with van der Waals surface area (Å²) >= 11 is 2.66. The molecule has 1 N–H and O–H groups in total. The van der Waals surface area contributed by atoms with Gasteiger partial charge in [-0.25, -0.2) is 9.97 Å². The molecule has 3 aromatic carbocycles. The minimum absolute atomic E-state index is 0.149. The summed E-state index contributed by atoms with van der Waals surface area (Å²) in [7, 11) is 1.62. The van der Waals surface area contributed by atoms with Gasteiger partial charge in [0.1, 0.15) is 11.3 Å². The van der Waals surface area contributed by atoms with Crippen molar-refractivity contribution < 1.29 is 9.53 Å². The molecule has 0 saturated heterocycles. The first kappa shape index (κ1) is 23.4. The number of benzene rings is 3. The van der Waals surface area contributed by atoms with Gasteiger partial charge in [-0.1, -0.05) is 71.6 Å². The van der Waals surface area contributed by atoms with Crippen molar-refractivity contribution in [3.05, 3.63) is 78.4 Å². The number of nitrogens with zero attached hydrogens (tertiary/aromatic N) is 5. The topological polar surface area (TPSA) is 94.8 Å². The minimum Gasteiger partial charge on any atom is -0.497 e. The van der Waals surface area contributed by atoms with Crippen molar-refractivity contribution in [3.63, 3.8) is 0 Å². The Morgan fingerprint density at radius 1 is 1.03 bits per heavy atom. The molecule has 0 saturated carbocycles. The number of para-hydroxylation sites is 1. The van der Waals surface area contributed by atoms with Crippen molar-refractivity contribution in [2.45, 2.75) is 18.1 Å². The number of amides is 1. The fourth-order valence-electron chi connectivity index (χ4n) is 4.23. The highest BCUT2D eigenvalue weighted by Gasteiger charge is 2.16. The molecule has 0 fully saturated rings. The molecule has 8 nitrogen and oxygen atoms in total. The quantitative estimate of drug-likeness (QED) is 0.259. The van der Waals surface area contributed by atoms with Crippen LogP contribution in [0, 0.1) is 0 Å². The van der Waals surface area contributed by atoms with Crippen molar-refractivity contribution in [3.8, 4) is 5.75 Å². The molecule has 6 rings (SSSR count). The van der Waals surface area contributed by atoms with Gasteiger partial charge in [0, 0.05) is 11.9 Å². The van der Waals surface area contributed by atoms with Gasteiger partial charge >= 0.3 is 0 Å². The van der Waals surface area contributed by atoms with Crippen molar-refractivity contribution in [2.75, 3.05) is 18.2 Å². The van der Waals surface area contributed by atoms with Crippen molar-refractivity contribution in [2.24, 2.45) is 0 Å². The average Bonchev–Trinajstić information content (AvgIpc) is 3.48. The van der Waals surface area contributed by atoms with Gasteiger partial charge in [0.2, 0.25) is 11.1 Å². The van der Waals surface area contributed by atoms with E-state index < -0.39 is 0 Å². The van der Waals surface area contributed by atoms with Gasteiger partial charge in [0.25, 0.3) is 0 Å². The number of ether oxygens (including phenoxy) is 1. The van der Waals surface area contributed by atoms with E-state index in [9.17, 15) is 4.79 Å². The maximum Gasteiger partial charge on any atom is 0.236 e. The molecule has 1 amide bonds. The molecule has 0 bridgehead atoms. The van der Waals surface area contributed by atoms with Crippen LogP contribution in [-0.2, 0) is 17.8 Å². The van der Waals surface area contributed by atoms with Crippen LogP contribution in [0.2, 0.25) is 0 Å².